The molecule has 0 saturated carbocycles. The van der Waals surface area contributed by atoms with Crippen molar-refractivity contribution < 1.29 is 4.79 Å². The van der Waals surface area contributed by atoms with Gasteiger partial charge < -0.3 is 21.7 Å². The predicted molar refractivity (Wildman–Crippen MR) is 76.1 cm³/mol. The molecule has 0 aromatic carbocycles. The molecule has 5 N–H and O–H groups in total. The zero-order valence-electron chi connectivity index (χ0n) is 10.9. The number of carbonyl (C=O) groups excluding carboxylic acids is 1. The van der Waals surface area contributed by atoms with E-state index >= 15 is 0 Å². The van der Waals surface area contributed by atoms with Crippen molar-refractivity contribution >= 4 is 28.2 Å². The minimum absolute atomic E-state index is 0.170. The Morgan fingerprint density at radius 2 is 2.11 bits per heavy atom. The third-order valence-corrected chi connectivity index (χ3v) is 3.68. The van der Waals surface area contributed by atoms with Crippen LogP contribution in [0, 0.1) is 0 Å². The number of nitrogens with two attached hydrogens (primary N) is 2. The molecule has 1 amide bonds. The molecule has 102 valence electrons. The van der Waals surface area contributed by atoms with Gasteiger partial charge in [-0.15, -0.1) is 0 Å². The number of nitrogens with zero attached hydrogens (tertiary/aromatic N) is 2. The average molecular weight is 271 g/mol. The van der Waals surface area contributed by atoms with Gasteiger partial charge in [-0.3, -0.25) is 4.79 Å². The summed E-state index contributed by atoms with van der Waals surface area (Å²) < 4.78 is 0. The first-order valence-corrected chi connectivity index (χ1v) is 6.95. The number of aromatic nitrogens is 1. The number of amides is 1. The average Bonchev–Trinajstić information content (AvgIpc) is 2.73. The molecular weight excluding hydrogens is 250 g/mol. The normalized spacial score (nSPS) is 10.4. The molecule has 6 nitrogen and oxygen atoms in total. The van der Waals surface area contributed by atoms with E-state index in [2.05, 4.69) is 15.2 Å². The number of nitrogen functional groups attached to an aromatic ring is 1. The lowest BCUT2D eigenvalue weighted by Crippen LogP contribution is -2.25. The summed E-state index contributed by atoms with van der Waals surface area (Å²) in [4.78, 5) is 18.7. The highest BCUT2D eigenvalue weighted by Gasteiger charge is 2.17. The van der Waals surface area contributed by atoms with E-state index in [1.807, 2.05) is 13.8 Å². The third-order valence-electron chi connectivity index (χ3n) is 2.55. The van der Waals surface area contributed by atoms with Gasteiger partial charge in [-0.2, -0.15) is 0 Å². The van der Waals surface area contributed by atoms with E-state index in [-0.39, 0.29) is 5.91 Å². The summed E-state index contributed by atoms with van der Waals surface area (Å²) in [6.45, 7) is 6.90. The van der Waals surface area contributed by atoms with Gasteiger partial charge in [-0.25, -0.2) is 4.98 Å². The molecule has 0 fully saturated rings. The number of hydrogen-bond acceptors (Lipinski definition) is 6. The van der Waals surface area contributed by atoms with E-state index in [0.717, 1.165) is 24.6 Å². The van der Waals surface area contributed by atoms with Gasteiger partial charge in [0.15, 0.2) is 5.13 Å². The van der Waals surface area contributed by atoms with Crippen LogP contribution in [0.2, 0.25) is 0 Å². The minimum Gasteiger partial charge on any atom is -0.382 e. The molecule has 1 aromatic heterocycles. The largest absolute Gasteiger partial charge is 0.382 e. The third kappa shape index (κ3) is 3.58. The molecule has 0 saturated heterocycles. The molecule has 0 unspecified atom stereocenters. The van der Waals surface area contributed by atoms with Gasteiger partial charge in [0.25, 0.3) is 5.91 Å². The monoisotopic (exact) mass is 271 g/mol. The maximum Gasteiger partial charge on any atom is 0.265 e. The summed E-state index contributed by atoms with van der Waals surface area (Å²) >= 11 is 1.33. The summed E-state index contributed by atoms with van der Waals surface area (Å²) in [5.74, 6) is 0.129. The summed E-state index contributed by atoms with van der Waals surface area (Å²) in [7, 11) is 0. The van der Waals surface area contributed by atoms with Crippen LogP contribution >= 0.6 is 11.3 Å². The topological polar surface area (TPSA) is 97.3 Å². The molecule has 1 rings (SSSR count). The molecule has 1 heterocycles. The molecule has 0 aliphatic heterocycles. The Bertz CT molecular complexity index is 389. The molecule has 0 spiro atoms. The fourth-order valence-corrected chi connectivity index (χ4v) is 2.53. The first-order chi connectivity index (χ1) is 8.63. The summed E-state index contributed by atoms with van der Waals surface area (Å²) in [5, 5.41) is 3.57. The van der Waals surface area contributed by atoms with Crippen LogP contribution in [0.4, 0.5) is 10.9 Å². The Hall–Kier alpha value is -1.34. The van der Waals surface area contributed by atoms with Gasteiger partial charge in [0.05, 0.1) is 0 Å². The van der Waals surface area contributed by atoms with Gasteiger partial charge in [-0.1, -0.05) is 11.3 Å². The van der Waals surface area contributed by atoms with Crippen LogP contribution < -0.4 is 21.7 Å². The molecule has 7 heteroatoms. The first kappa shape index (κ1) is 14.7. The fraction of sp³-hybridized carbons (Fsp3) is 0.636. The number of anilines is 2. The van der Waals surface area contributed by atoms with Crippen molar-refractivity contribution in [2.75, 3.05) is 36.8 Å². The number of carbonyl (C=O) groups is 1. The number of rotatable bonds is 7. The molecular formula is C11H21N5OS. The molecule has 0 aliphatic rings. The second-order valence-electron chi connectivity index (χ2n) is 3.78. The molecule has 0 radical (unpaired) electrons. The molecule has 0 aliphatic carbocycles. The van der Waals surface area contributed by atoms with Gasteiger partial charge >= 0.3 is 0 Å². The number of hydrogen-bond donors (Lipinski definition) is 3. The van der Waals surface area contributed by atoms with Gasteiger partial charge in [0.2, 0.25) is 0 Å². The van der Waals surface area contributed by atoms with E-state index in [0.29, 0.717) is 23.8 Å². The number of nitrogens with one attached hydrogen (secondary N) is 1. The Morgan fingerprint density at radius 1 is 1.44 bits per heavy atom. The van der Waals surface area contributed by atoms with Crippen molar-refractivity contribution in [1.82, 2.24) is 10.3 Å². The number of thiazole rings is 1. The zero-order valence-corrected chi connectivity index (χ0v) is 11.7. The van der Waals surface area contributed by atoms with Gasteiger partial charge in [-0.05, 0) is 26.8 Å². The SMILES string of the molecule is CCN(CC)c1nc(N)c(C(=O)NCCCN)s1. The highest BCUT2D eigenvalue weighted by atomic mass is 32.1. The van der Waals surface area contributed by atoms with Crippen LogP contribution in [0.1, 0.15) is 29.9 Å². The zero-order chi connectivity index (χ0) is 13.5. The highest BCUT2D eigenvalue weighted by molar-refractivity contribution is 7.18. The summed E-state index contributed by atoms with van der Waals surface area (Å²) in [6, 6.07) is 0. The van der Waals surface area contributed by atoms with Crippen molar-refractivity contribution in [3.8, 4) is 0 Å². The van der Waals surface area contributed by atoms with Crippen LogP contribution in [0.3, 0.4) is 0 Å². The van der Waals surface area contributed by atoms with Crippen molar-refractivity contribution in [3.63, 3.8) is 0 Å². The first-order valence-electron chi connectivity index (χ1n) is 6.13. The smallest absolute Gasteiger partial charge is 0.265 e. The molecule has 0 atom stereocenters. The highest BCUT2D eigenvalue weighted by Crippen LogP contribution is 2.27. The summed E-state index contributed by atoms with van der Waals surface area (Å²) in [6.07, 6.45) is 0.757. The van der Waals surface area contributed by atoms with E-state index in [4.69, 9.17) is 11.5 Å². The Balaban J connectivity index is 2.74. The lowest BCUT2D eigenvalue weighted by atomic mass is 10.4. The quantitative estimate of drug-likeness (QED) is 0.633. The van der Waals surface area contributed by atoms with Crippen LogP contribution in [-0.2, 0) is 0 Å². The van der Waals surface area contributed by atoms with Crippen LogP contribution in [0.5, 0.6) is 0 Å². The lowest BCUT2D eigenvalue weighted by Gasteiger charge is -2.16. The van der Waals surface area contributed by atoms with Crippen molar-refractivity contribution in [3.05, 3.63) is 4.88 Å². The van der Waals surface area contributed by atoms with Crippen LogP contribution in [0.15, 0.2) is 0 Å². The maximum absolute atomic E-state index is 11.9. The standard InChI is InChI=1S/C11H21N5OS/c1-3-16(4-2)11-15-9(13)8(18-11)10(17)14-7-5-6-12/h3-7,12-13H2,1-2H3,(H,14,17). The Labute approximate surface area is 111 Å². The van der Waals surface area contributed by atoms with E-state index in [1.165, 1.54) is 11.3 Å². The maximum atomic E-state index is 11.9. The van der Waals surface area contributed by atoms with Gasteiger partial charge in [0, 0.05) is 19.6 Å². The minimum atomic E-state index is -0.170. The van der Waals surface area contributed by atoms with Gasteiger partial charge in [0.1, 0.15) is 10.7 Å². The van der Waals surface area contributed by atoms with E-state index in [1.54, 1.807) is 0 Å². The van der Waals surface area contributed by atoms with Crippen LogP contribution in [0.25, 0.3) is 0 Å². The van der Waals surface area contributed by atoms with Crippen molar-refractivity contribution in [1.29, 1.82) is 0 Å². The molecule has 1 aromatic rings. The van der Waals surface area contributed by atoms with Crippen molar-refractivity contribution in [2.24, 2.45) is 5.73 Å². The Kier molecular flexibility index (Phi) is 5.87. The lowest BCUT2D eigenvalue weighted by molar-refractivity contribution is 0.0958. The molecule has 0 bridgehead atoms. The summed E-state index contributed by atoms with van der Waals surface area (Å²) in [5.41, 5.74) is 11.2. The second-order valence-corrected chi connectivity index (χ2v) is 4.76. The predicted octanol–water partition coefficient (Wildman–Crippen LogP) is 0.650. The second kappa shape index (κ2) is 7.17. The van der Waals surface area contributed by atoms with Crippen molar-refractivity contribution in [2.45, 2.75) is 20.3 Å². The van der Waals surface area contributed by atoms with Crippen LogP contribution in [-0.4, -0.2) is 37.1 Å². The fourth-order valence-electron chi connectivity index (χ4n) is 1.50. The Morgan fingerprint density at radius 3 is 2.67 bits per heavy atom. The molecule has 18 heavy (non-hydrogen) atoms. The van der Waals surface area contributed by atoms with E-state index < -0.39 is 0 Å². The van der Waals surface area contributed by atoms with E-state index in [9.17, 15) is 4.79 Å².